The van der Waals surface area contributed by atoms with Crippen molar-refractivity contribution in [1.82, 2.24) is 0 Å². The first-order chi connectivity index (χ1) is 22.8. The maximum atomic E-state index is 6.74. The molecule has 2 nitrogen and oxygen atoms in total. The van der Waals surface area contributed by atoms with Crippen molar-refractivity contribution in [2.75, 3.05) is 0 Å². The Morgan fingerprint density at radius 2 is 1.15 bits per heavy atom. The van der Waals surface area contributed by atoms with Crippen molar-refractivity contribution >= 4 is 60.5 Å². The number of nitrogens with zero attached hydrogens (tertiary/aromatic N) is 1. The highest BCUT2D eigenvalue weighted by Gasteiger charge is 2.18. The average Bonchev–Trinajstić information content (AvgIpc) is 3.35. The number of allylic oxidation sites excluding steroid dienone is 3. The van der Waals surface area contributed by atoms with Gasteiger partial charge in [-0.3, -0.25) is 4.99 Å². The van der Waals surface area contributed by atoms with Crippen molar-refractivity contribution in [3.63, 3.8) is 0 Å². The minimum atomic E-state index is 0.745. The van der Waals surface area contributed by atoms with Crippen LogP contribution in [0.3, 0.4) is 0 Å². The maximum Gasteiger partial charge on any atom is 0.144 e. The topological polar surface area (TPSA) is 25.5 Å². The van der Waals surface area contributed by atoms with Crippen molar-refractivity contribution in [2.24, 2.45) is 4.99 Å². The minimum absolute atomic E-state index is 0.745. The first-order valence-electron chi connectivity index (χ1n) is 15.8. The van der Waals surface area contributed by atoms with E-state index in [-0.39, 0.29) is 0 Å². The molecule has 0 saturated heterocycles. The smallest absolute Gasteiger partial charge is 0.144 e. The molecule has 0 radical (unpaired) electrons. The van der Waals surface area contributed by atoms with Crippen LogP contribution < -0.4 is 0 Å². The Labute approximate surface area is 267 Å². The third kappa shape index (κ3) is 4.55. The molecule has 0 saturated carbocycles. The molecule has 46 heavy (non-hydrogen) atoms. The van der Waals surface area contributed by atoms with E-state index in [9.17, 15) is 0 Å². The molecule has 0 unspecified atom stereocenters. The first kappa shape index (κ1) is 26.4. The van der Waals surface area contributed by atoms with E-state index in [0.717, 1.165) is 62.0 Å². The highest BCUT2D eigenvalue weighted by molar-refractivity contribution is 6.13. The monoisotopic (exact) mass is 587 g/mol. The van der Waals surface area contributed by atoms with E-state index in [1.165, 1.54) is 32.7 Å². The third-order valence-corrected chi connectivity index (χ3v) is 9.13. The molecular formula is C44H29NO. The lowest BCUT2D eigenvalue weighted by atomic mass is 9.97. The van der Waals surface area contributed by atoms with Gasteiger partial charge in [0, 0.05) is 22.8 Å². The van der Waals surface area contributed by atoms with Gasteiger partial charge < -0.3 is 4.42 Å². The molecule has 0 fully saturated rings. The summed E-state index contributed by atoms with van der Waals surface area (Å²) in [6, 6.07) is 53.7. The standard InChI is InChI=1S/C44H29NO/c1-3-10-29(11-4-1)33-22-25-41(31-13-5-2-6-14-31)45-42(27-33)40-17-9-16-39-38-24-21-34(28-43(38)46-44(39)40)32-20-23-37-35(26-32)19-18-30-12-7-8-15-36(30)37/h1-24,26-28H,25H2. The van der Waals surface area contributed by atoms with E-state index in [1.807, 2.05) is 6.07 Å². The highest BCUT2D eigenvalue weighted by atomic mass is 16.3. The molecular weight excluding hydrogens is 558 g/mol. The van der Waals surface area contributed by atoms with Gasteiger partial charge in [-0.1, -0.05) is 133 Å². The van der Waals surface area contributed by atoms with Crippen LogP contribution in [0, 0.1) is 0 Å². The van der Waals surface area contributed by atoms with E-state index in [2.05, 4.69) is 158 Å². The Kier molecular flexibility index (Phi) is 6.24. The summed E-state index contributed by atoms with van der Waals surface area (Å²) in [5.41, 5.74) is 10.4. The molecule has 1 aliphatic rings. The van der Waals surface area contributed by atoms with Gasteiger partial charge in [0.25, 0.3) is 0 Å². The van der Waals surface area contributed by atoms with Crippen LogP contribution in [0.15, 0.2) is 173 Å². The zero-order chi connectivity index (χ0) is 30.5. The first-order valence-corrected chi connectivity index (χ1v) is 15.8. The second kappa shape index (κ2) is 10.9. The lowest BCUT2D eigenvalue weighted by molar-refractivity contribution is 0.667. The molecule has 0 aliphatic carbocycles. The number of hydrogen-bond donors (Lipinski definition) is 0. The summed E-state index contributed by atoms with van der Waals surface area (Å²) in [5.74, 6) is 0. The highest BCUT2D eigenvalue weighted by Crippen LogP contribution is 2.39. The van der Waals surface area contributed by atoms with Gasteiger partial charge in [0.2, 0.25) is 0 Å². The van der Waals surface area contributed by atoms with Crippen LogP contribution in [-0.2, 0) is 0 Å². The second-order valence-corrected chi connectivity index (χ2v) is 11.9. The average molecular weight is 588 g/mol. The molecule has 1 aromatic heterocycles. The lowest BCUT2D eigenvalue weighted by Crippen LogP contribution is -1.99. The molecule has 8 aromatic rings. The predicted molar refractivity (Wildman–Crippen MR) is 194 cm³/mol. The number of aliphatic imine (C=N–C) groups is 1. The van der Waals surface area contributed by atoms with Crippen molar-refractivity contribution in [3.8, 4) is 11.1 Å². The van der Waals surface area contributed by atoms with E-state index >= 15 is 0 Å². The molecule has 7 aromatic carbocycles. The largest absolute Gasteiger partial charge is 0.455 e. The summed E-state index contributed by atoms with van der Waals surface area (Å²) < 4.78 is 6.74. The second-order valence-electron chi connectivity index (χ2n) is 11.9. The summed E-state index contributed by atoms with van der Waals surface area (Å²) in [6.45, 7) is 0. The molecule has 9 rings (SSSR count). The Morgan fingerprint density at radius 1 is 0.478 bits per heavy atom. The van der Waals surface area contributed by atoms with Crippen LogP contribution >= 0.6 is 0 Å². The molecule has 2 heteroatoms. The fraction of sp³-hybridized carbons (Fsp3) is 0.0227. The van der Waals surface area contributed by atoms with Crippen LogP contribution in [0.25, 0.3) is 65.9 Å². The van der Waals surface area contributed by atoms with E-state index in [4.69, 9.17) is 9.41 Å². The van der Waals surface area contributed by atoms with E-state index in [0.29, 0.717) is 0 Å². The predicted octanol–water partition coefficient (Wildman–Crippen LogP) is 11.9. The number of para-hydroxylation sites is 1. The minimum Gasteiger partial charge on any atom is -0.455 e. The zero-order valence-corrected chi connectivity index (χ0v) is 25.2. The molecule has 1 aliphatic heterocycles. The summed E-state index contributed by atoms with van der Waals surface area (Å²) in [7, 11) is 0. The molecule has 2 heterocycles. The van der Waals surface area contributed by atoms with Gasteiger partial charge in [-0.05, 0) is 79.7 Å². The van der Waals surface area contributed by atoms with Crippen LogP contribution in [0.4, 0.5) is 0 Å². The number of hydrogen-bond acceptors (Lipinski definition) is 2. The molecule has 0 N–H and O–H groups in total. The van der Waals surface area contributed by atoms with Gasteiger partial charge in [0.05, 0.1) is 11.4 Å². The molecule has 0 bridgehead atoms. The van der Waals surface area contributed by atoms with Gasteiger partial charge in [-0.25, -0.2) is 0 Å². The summed E-state index contributed by atoms with van der Waals surface area (Å²) >= 11 is 0. The Balaban J connectivity index is 1.18. The fourth-order valence-electron chi connectivity index (χ4n) is 6.79. The van der Waals surface area contributed by atoms with Gasteiger partial charge in [0.15, 0.2) is 0 Å². The summed E-state index contributed by atoms with van der Waals surface area (Å²) in [6.07, 6.45) is 5.23. The Hall–Kier alpha value is -5.99. The molecule has 0 atom stereocenters. The quantitative estimate of drug-likeness (QED) is 0.188. The van der Waals surface area contributed by atoms with E-state index in [1.54, 1.807) is 0 Å². The van der Waals surface area contributed by atoms with Crippen LogP contribution in [0.1, 0.15) is 23.1 Å². The van der Waals surface area contributed by atoms with Gasteiger partial charge in [0.1, 0.15) is 11.2 Å². The molecule has 0 amide bonds. The number of benzene rings is 7. The Morgan fingerprint density at radius 3 is 2.00 bits per heavy atom. The molecule has 216 valence electrons. The van der Waals surface area contributed by atoms with Crippen LogP contribution in [-0.4, -0.2) is 5.71 Å². The zero-order valence-electron chi connectivity index (χ0n) is 25.2. The lowest BCUT2D eigenvalue weighted by Gasteiger charge is -2.07. The summed E-state index contributed by atoms with van der Waals surface area (Å²) in [4.78, 5) is 5.29. The number of furan rings is 1. The normalized spacial score (nSPS) is 13.5. The summed E-state index contributed by atoms with van der Waals surface area (Å²) in [5, 5.41) is 7.24. The SMILES string of the molecule is C1=C(c2ccccc2)C=C(c2cccc3c2oc2cc(-c4ccc5c(ccc6ccccc65)c4)ccc23)N=C(c2ccccc2)C1. The van der Waals surface area contributed by atoms with E-state index < -0.39 is 0 Å². The van der Waals surface area contributed by atoms with Crippen molar-refractivity contribution in [1.29, 1.82) is 0 Å². The fourth-order valence-corrected chi connectivity index (χ4v) is 6.79. The van der Waals surface area contributed by atoms with Crippen LogP contribution in [0.5, 0.6) is 0 Å². The van der Waals surface area contributed by atoms with Crippen molar-refractivity contribution in [2.45, 2.75) is 6.42 Å². The van der Waals surface area contributed by atoms with Crippen molar-refractivity contribution in [3.05, 3.63) is 181 Å². The van der Waals surface area contributed by atoms with Gasteiger partial charge in [-0.15, -0.1) is 0 Å². The van der Waals surface area contributed by atoms with Crippen molar-refractivity contribution < 1.29 is 4.42 Å². The van der Waals surface area contributed by atoms with Gasteiger partial charge >= 0.3 is 0 Å². The number of rotatable bonds is 4. The van der Waals surface area contributed by atoms with Crippen LogP contribution in [0.2, 0.25) is 0 Å². The maximum absolute atomic E-state index is 6.74. The third-order valence-electron chi connectivity index (χ3n) is 9.13. The van der Waals surface area contributed by atoms with Gasteiger partial charge in [-0.2, -0.15) is 0 Å². The molecule has 0 spiro atoms. The Bertz CT molecular complexity index is 2530. The number of fused-ring (bicyclic) bond motifs is 6.